The monoisotopic (exact) mass is 171 g/mol. The van der Waals surface area contributed by atoms with Gasteiger partial charge in [-0.15, -0.1) is 0 Å². The molecular formula is C10H21NO. The molecule has 0 spiro atoms. The Kier molecular flexibility index (Phi) is 8.19. The molecule has 0 aromatic carbocycles. The molecule has 0 rings (SSSR count). The highest BCUT2D eigenvalue weighted by Crippen LogP contribution is 1.98. The van der Waals surface area contributed by atoms with Gasteiger partial charge in [0.05, 0.1) is 0 Å². The minimum absolute atomic E-state index is 0.219. The van der Waals surface area contributed by atoms with Crippen molar-refractivity contribution in [2.75, 3.05) is 6.54 Å². The van der Waals surface area contributed by atoms with E-state index >= 15 is 0 Å². The second-order valence-electron chi connectivity index (χ2n) is 3.16. The van der Waals surface area contributed by atoms with Crippen LogP contribution in [0, 0.1) is 0 Å². The van der Waals surface area contributed by atoms with Crippen LogP contribution in [0.2, 0.25) is 0 Å². The Balaban J connectivity index is 3.10. The third-order valence-electron chi connectivity index (χ3n) is 1.86. The van der Waals surface area contributed by atoms with E-state index in [9.17, 15) is 4.79 Å². The van der Waals surface area contributed by atoms with Crippen LogP contribution in [-0.2, 0) is 4.79 Å². The predicted molar refractivity (Wildman–Crippen MR) is 52.1 cm³/mol. The van der Waals surface area contributed by atoms with Gasteiger partial charge in [-0.25, -0.2) is 0 Å². The van der Waals surface area contributed by atoms with Crippen molar-refractivity contribution in [1.82, 2.24) is 5.32 Å². The van der Waals surface area contributed by atoms with Crippen molar-refractivity contribution in [2.45, 2.75) is 52.4 Å². The van der Waals surface area contributed by atoms with E-state index in [1.165, 1.54) is 12.8 Å². The predicted octanol–water partition coefficient (Wildman–Crippen LogP) is 2.48. The molecule has 1 N–H and O–H groups in total. The maximum absolute atomic E-state index is 11.1. The van der Waals surface area contributed by atoms with Crippen molar-refractivity contribution >= 4 is 5.91 Å². The molecule has 0 atom stereocenters. The van der Waals surface area contributed by atoms with Gasteiger partial charge < -0.3 is 5.32 Å². The number of carbonyl (C=O) groups is 1. The van der Waals surface area contributed by atoms with Crippen LogP contribution in [0.3, 0.4) is 0 Å². The Hall–Kier alpha value is -0.530. The van der Waals surface area contributed by atoms with Crippen molar-refractivity contribution in [3.63, 3.8) is 0 Å². The van der Waals surface area contributed by atoms with Crippen molar-refractivity contribution in [3.8, 4) is 0 Å². The van der Waals surface area contributed by atoms with Crippen molar-refractivity contribution in [3.05, 3.63) is 0 Å². The summed E-state index contributed by atoms with van der Waals surface area (Å²) in [5, 5.41) is 2.90. The fourth-order valence-corrected chi connectivity index (χ4v) is 1.03. The zero-order valence-corrected chi connectivity index (χ0v) is 8.36. The minimum Gasteiger partial charge on any atom is -0.356 e. The summed E-state index contributed by atoms with van der Waals surface area (Å²) < 4.78 is 0. The maximum atomic E-state index is 11.1. The Labute approximate surface area is 75.7 Å². The highest BCUT2D eigenvalue weighted by Gasteiger charge is 1.98. The fourth-order valence-electron chi connectivity index (χ4n) is 1.03. The maximum Gasteiger partial charge on any atom is 0.219 e. The Morgan fingerprint density at radius 3 is 2.33 bits per heavy atom. The van der Waals surface area contributed by atoms with Gasteiger partial charge in [0.1, 0.15) is 0 Å². The summed E-state index contributed by atoms with van der Waals surface area (Å²) in [6.45, 7) is 5.12. The summed E-state index contributed by atoms with van der Waals surface area (Å²) in [4.78, 5) is 11.1. The molecule has 0 aliphatic heterocycles. The van der Waals surface area contributed by atoms with Gasteiger partial charge in [-0.2, -0.15) is 0 Å². The molecular weight excluding hydrogens is 150 g/mol. The molecule has 72 valence electrons. The molecule has 1 amide bonds. The summed E-state index contributed by atoms with van der Waals surface area (Å²) in [6, 6.07) is 0. The smallest absolute Gasteiger partial charge is 0.219 e. The van der Waals surface area contributed by atoms with Crippen molar-refractivity contribution < 1.29 is 4.79 Å². The van der Waals surface area contributed by atoms with Crippen LogP contribution in [0.5, 0.6) is 0 Å². The van der Waals surface area contributed by atoms with Crippen molar-refractivity contribution in [1.29, 1.82) is 0 Å². The number of amides is 1. The largest absolute Gasteiger partial charge is 0.356 e. The van der Waals surface area contributed by atoms with E-state index in [0.717, 1.165) is 25.8 Å². The molecule has 2 nitrogen and oxygen atoms in total. The topological polar surface area (TPSA) is 29.1 Å². The number of carbonyl (C=O) groups excluding carboxylic acids is 1. The Morgan fingerprint density at radius 1 is 1.08 bits per heavy atom. The van der Waals surface area contributed by atoms with Gasteiger partial charge in [0, 0.05) is 13.0 Å². The summed E-state index contributed by atoms with van der Waals surface area (Å²) in [6.07, 6.45) is 6.34. The standard InChI is InChI=1S/C10H21NO/c1-3-5-7-8-10(12)11-9-6-4-2/h3-9H2,1-2H3,(H,11,12). The molecule has 0 unspecified atom stereocenters. The van der Waals surface area contributed by atoms with Gasteiger partial charge in [-0.05, 0) is 12.8 Å². The molecule has 0 saturated carbocycles. The zero-order valence-electron chi connectivity index (χ0n) is 8.36. The van der Waals surface area contributed by atoms with Gasteiger partial charge in [0.15, 0.2) is 0 Å². The average molecular weight is 171 g/mol. The number of hydrogen-bond acceptors (Lipinski definition) is 1. The van der Waals surface area contributed by atoms with Gasteiger partial charge >= 0.3 is 0 Å². The van der Waals surface area contributed by atoms with E-state index in [1.54, 1.807) is 0 Å². The lowest BCUT2D eigenvalue weighted by Crippen LogP contribution is -2.23. The van der Waals surface area contributed by atoms with Gasteiger partial charge in [0.2, 0.25) is 5.91 Å². The number of hydrogen-bond donors (Lipinski definition) is 1. The van der Waals surface area contributed by atoms with E-state index < -0.39 is 0 Å². The van der Waals surface area contributed by atoms with Crippen LogP contribution in [0.15, 0.2) is 0 Å². The van der Waals surface area contributed by atoms with Crippen LogP contribution < -0.4 is 5.32 Å². The normalized spacial score (nSPS) is 9.83. The van der Waals surface area contributed by atoms with Crippen LogP contribution in [-0.4, -0.2) is 12.5 Å². The van der Waals surface area contributed by atoms with E-state index in [4.69, 9.17) is 0 Å². The summed E-state index contributed by atoms with van der Waals surface area (Å²) in [5.74, 6) is 0.219. The molecule has 0 bridgehead atoms. The molecule has 12 heavy (non-hydrogen) atoms. The van der Waals surface area contributed by atoms with E-state index in [-0.39, 0.29) is 5.91 Å². The fraction of sp³-hybridized carbons (Fsp3) is 0.900. The van der Waals surface area contributed by atoms with Crippen LogP contribution in [0.1, 0.15) is 52.4 Å². The summed E-state index contributed by atoms with van der Waals surface area (Å²) >= 11 is 0. The molecule has 0 aliphatic rings. The summed E-state index contributed by atoms with van der Waals surface area (Å²) in [5.41, 5.74) is 0. The van der Waals surface area contributed by atoms with Crippen LogP contribution in [0.25, 0.3) is 0 Å². The van der Waals surface area contributed by atoms with Gasteiger partial charge in [0.25, 0.3) is 0 Å². The molecule has 2 heteroatoms. The highest BCUT2D eigenvalue weighted by molar-refractivity contribution is 5.75. The minimum atomic E-state index is 0.219. The number of rotatable bonds is 7. The first-order chi connectivity index (χ1) is 5.81. The lowest BCUT2D eigenvalue weighted by Gasteiger charge is -2.02. The average Bonchev–Trinajstić information content (AvgIpc) is 2.06. The lowest BCUT2D eigenvalue weighted by molar-refractivity contribution is -0.121. The molecule has 0 heterocycles. The van der Waals surface area contributed by atoms with E-state index in [2.05, 4.69) is 19.2 Å². The first-order valence-corrected chi connectivity index (χ1v) is 5.08. The second kappa shape index (κ2) is 8.57. The molecule has 0 aliphatic carbocycles. The quantitative estimate of drug-likeness (QED) is 0.586. The summed E-state index contributed by atoms with van der Waals surface area (Å²) in [7, 11) is 0. The van der Waals surface area contributed by atoms with E-state index in [1.807, 2.05) is 0 Å². The lowest BCUT2D eigenvalue weighted by atomic mass is 10.2. The van der Waals surface area contributed by atoms with Gasteiger partial charge in [-0.1, -0.05) is 33.1 Å². The molecule has 0 aromatic rings. The Bertz CT molecular complexity index is 100. The first kappa shape index (κ1) is 11.5. The highest BCUT2D eigenvalue weighted by atomic mass is 16.1. The molecule has 0 aromatic heterocycles. The first-order valence-electron chi connectivity index (χ1n) is 5.08. The Morgan fingerprint density at radius 2 is 1.75 bits per heavy atom. The second-order valence-corrected chi connectivity index (χ2v) is 3.16. The van der Waals surface area contributed by atoms with Crippen LogP contribution in [0.4, 0.5) is 0 Å². The third kappa shape index (κ3) is 7.58. The SMILES string of the molecule is CCCCCC(=O)NCCCC. The van der Waals surface area contributed by atoms with Crippen LogP contribution >= 0.6 is 0 Å². The number of unbranched alkanes of at least 4 members (excludes halogenated alkanes) is 3. The van der Waals surface area contributed by atoms with E-state index in [0.29, 0.717) is 6.42 Å². The molecule has 0 radical (unpaired) electrons. The third-order valence-corrected chi connectivity index (χ3v) is 1.86. The van der Waals surface area contributed by atoms with Gasteiger partial charge in [-0.3, -0.25) is 4.79 Å². The van der Waals surface area contributed by atoms with Crippen molar-refractivity contribution in [2.24, 2.45) is 0 Å². The zero-order chi connectivity index (χ0) is 9.23. The molecule has 0 fully saturated rings. The number of nitrogens with one attached hydrogen (secondary N) is 1. The molecule has 0 saturated heterocycles.